The molecular weight excluding hydrogens is 439 g/mol. The van der Waals surface area contributed by atoms with Gasteiger partial charge in [0.05, 0.1) is 24.0 Å². The van der Waals surface area contributed by atoms with Gasteiger partial charge in [0.25, 0.3) is 5.91 Å². The molecule has 0 aliphatic carbocycles. The maximum Gasteiger partial charge on any atom is 0.573 e. The molecule has 1 aromatic carbocycles. The van der Waals surface area contributed by atoms with Crippen LogP contribution in [0.3, 0.4) is 0 Å². The average Bonchev–Trinajstić information content (AvgIpc) is 3.19. The van der Waals surface area contributed by atoms with Gasteiger partial charge in [-0.15, -0.1) is 13.2 Å². The maximum absolute atomic E-state index is 13.0. The molecule has 1 N–H and O–H groups in total. The van der Waals surface area contributed by atoms with Gasteiger partial charge in [0.15, 0.2) is 5.82 Å². The molecule has 0 atom stereocenters. The van der Waals surface area contributed by atoms with E-state index >= 15 is 0 Å². The van der Waals surface area contributed by atoms with Crippen LogP contribution in [-0.2, 0) is 4.79 Å². The molecule has 0 fully saturated rings. The number of nitrogens with one attached hydrogen (secondary N) is 1. The van der Waals surface area contributed by atoms with E-state index in [0.717, 1.165) is 12.1 Å². The zero-order valence-corrected chi connectivity index (χ0v) is 18.1. The first-order valence-electron chi connectivity index (χ1n) is 9.95. The number of hydrogen-bond donors (Lipinski definition) is 1. The van der Waals surface area contributed by atoms with Crippen molar-refractivity contribution >= 4 is 17.5 Å². The molecule has 2 amide bonds. The van der Waals surface area contributed by atoms with Crippen molar-refractivity contribution in [1.29, 1.82) is 0 Å². The molecule has 0 aliphatic rings. The summed E-state index contributed by atoms with van der Waals surface area (Å²) in [6, 6.07) is 10.1. The fourth-order valence-electron chi connectivity index (χ4n) is 3.17. The van der Waals surface area contributed by atoms with Gasteiger partial charge in [0, 0.05) is 18.9 Å². The molecule has 2 heterocycles. The highest BCUT2D eigenvalue weighted by atomic mass is 19.4. The second-order valence-electron chi connectivity index (χ2n) is 7.48. The first kappa shape index (κ1) is 23.8. The first-order chi connectivity index (χ1) is 15.5. The van der Waals surface area contributed by atoms with Gasteiger partial charge in [-0.05, 0) is 42.3 Å². The van der Waals surface area contributed by atoms with Crippen LogP contribution in [0.15, 0.2) is 54.9 Å². The highest BCUT2D eigenvalue weighted by Gasteiger charge is 2.31. The Morgan fingerprint density at radius 2 is 1.85 bits per heavy atom. The van der Waals surface area contributed by atoms with Gasteiger partial charge in [-0.2, -0.15) is 5.10 Å². The zero-order chi connectivity index (χ0) is 24.2. The van der Waals surface area contributed by atoms with E-state index in [0.29, 0.717) is 17.1 Å². The molecule has 3 aromatic rings. The second-order valence-corrected chi connectivity index (χ2v) is 7.48. The fraction of sp³-hybridized carbons (Fsp3) is 0.273. The average molecular weight is 461 g/mol. The quantitative estimate of drug-likeness (QED) is 0.575. The Hall–Kier alpha value is -3.89. The Labute approximate surface area is 188 Å². The number of nitrogens with zero attached hydrogens (tertiary/aromatic N) is 4. The Morgan fingerprint density at radius 1 is 1.15 bits per heavy atom. The van der Waals surface area contributed by atoms with Gasteiger partial charge in [-0.1, -0.05) is 19.9 Å². The molecular formula is C22H22F3N5O3. The molecule has 0 saturated heterocycles. The molecule has 2 aromatic heterocycles. The smallest absolute Gasteiger partial charge is 0.406 e. The molecule has 3 rings (SSSR count). The van der Waals surface area contributed by atoms with Gasteiger partial charge < -0.3 is 15.0 Å². The van der Waals surface area contributed by atoms with Crippen molar-refractivity contribution in [3.05, 3.63) is 66.1 Å². The lowest BCUT2D eigenvalue weighted by atomic mass is 10.0. The molecule has 33 heavy (non-hydrogen) atoms. The summed E-state index contributed by atoms with van der Waals surface area (Å²) >= 11 is 0. The van der Waals surface area contributed by atoms with E-state index in [-0.39, 0.29) is 18.2 Å². The van der Waals surface area contributed by atoms with Crippen LogP contribution in [0.4, 0.5) is 18.9 Å². The number of benzene rings is 1. The number of hydrogen-bond acceptors (Lipinski definition) is 5. The van der Waals surface area contributed by atoms with Crippen molar-refractivity contribution in [3.63, 3.8) is 0 Å². The fourth-order valence-corrected chi connectivity index (χ4v) is 3.17. The number of anilines is 1. The third-order valence-electron chi connectivity index (χ3n) is 4.55. The Balaban J connectivity index is 1.68. The third kappa shape index (κ3) is 6.09. The van der Waals surface area contributed by atoms with E-state index in [9.17, 15) is 22.8 Å². The van der Waals surface area contributed by atoms with Crippen LogP contribution >= 0.6 is 0 Å². The van der Waals surface area contributed by atoms with E-state index in [1.165, 1.54) is 30.3 Å². The van der Waals surface area contributed by atoms with Gasteiger partial charge in [0.2, 0.25) is 5.91 Å². The van der Waals surface area contributed by atoms with Crippen LogP contribution in [0.25, 0.3) is 5.82 Å². The van der Waals surface area contributed by atoms with Crippen molar-refractivity contribution in [3.8, 4) is 11.6 Å². The minimum absolute atomic E-state index is 0.0480. The van der Waals surface area contributed by atoms with E-state index in [1.807, 2.05) is 19.9 Å². The van der Waals surface area contributed by atoms with Crippen molar-refractivity contribution < 1.29 is 27.5 Å². The standard InChI is InChI=1S/C22H22F3N5O3/c1-14(2)20-17(12-27-30(20)18-6-4-5-11-26-18)21(32)29(3)13-19(31)28-15-7-9-16(10-8-15)33-22(23,24)25/h4-12,14H,13H2,1-3H3,(H,28,31). The summed E-state index contributed by atoms with van der Waals surface area (Å²) in [5, 5.41) is 6.84. The van der Waals surface area contributed by atoms with E-state index in [4.69, 9.17) is 0 Å². The zero-order valence-electron chi connectivity index (χ0n) is 18.1. The molecule has 0 aliphatic heterocycles. The first-order valence-corrected chi connectivity index (χ1v) is 9.95. The van der Waals surface area contributed by atoms with Crippen LogP contribution in [0, 0.1) is 0 Å². The predicted octanol–water partition coefficient (Wildman–Crippen LogP) is 4.00. The van der Waals surface area contributed by atoms with Gasteiger partial charge in [-0.3, -0.25) is 9.59 Å². The number of carbonyl (C=O) groups is 2. The lowest BCUT2D eigenvalue weighted by Crippen LogP contribution is -2.35. The number of rotatable bonds is 7. The van der Waals surface area contributed by atoms with Crippen LogP contribution in [0.1, 0.15) is 35.8 Å². The minimum Gasteiger partial charge on any atom is -0.406 e. The number of amides is 2. The summed E-state index contributed by atoms with van der Waals surface area (Å²) in [5.74, 6) is -0.797. The Kier molecular flexibility index (Phi) is 7.00. The van der Waals surface area contributed by atoms with Crippen molar-refractivity contribution in [2.45, 2.75) is 26.1 Å². The minimum atomic E-state index is -4.80. The van der Waals surface area contributed by atoms with Crippen molar-refractivity contribution in [2.24, 2.45) is 0 Å². The van der Waals surface area contributed by atoms with E-state index in [1.54, 1.807) is 23.0 Å². The maximum atomic E-state index is 13.0. The normalized spacial score (nSPS) is 11.4. The van der Waals surface area contributed by atoms with Gasteiger partial charge in [-0.25, -0.2) is 9.67 Å². The summed E-state index contributed by atoms with van der Waals surface area (Å²) in [4.78, 5) is 30.9. The van der Waals surface area contributed by atoms with Crippen molar-refractivity contribution in [2.75, 3.05) is 18.9 Å². The van der Waals surface area contributed by atoms with Crippen LogP contribution < -0.4 is 10.1 Å². The SMILES string of the molecule is CC(C)c1c(C(=O)N(C)CC(=O)Nc2ccc(OC(F)(F)F)cc2)cnn1-c1ccccn1. The molecule has 0 saturated carbocycles. The molecule has 11 heteroatoms. The molecule has 8 nitrogen and oxygen atoms in total. The number of alkyl halides is 3. The van der Waals surface area contributed by atoms with E-state index < -0.39 is 23.9 Å². The van der Waals surface area contributed by atoms with Crippen LogP contribution in [-0.4, -0.2) is 51.4 Å². The predicted molar refractivity (Wildman–Crippen MR) is 114 cm³/mol. The molecule has 0 unspecified atom stereocenters. The van der Waals surface area contributed by atoms with E-state index in [2.05, 4.69) is 20.1 Å². The number of ether oxygens (including phenoxy) is 1. The second kappa shape index (κ2) is 9.72. The van der Waals surface area contributed by atoms with Crippen molar-refractivity contribution in [1.82, 2.24) is 19.7 Å². The van der Waals surface area contributed by atoms with Crippen LogP contribution in [0.5, 0.6) is 5.75 Å². The summed E-state index contributed by atoms with van der Waals surface area (Å²) in [6.45, 7) is 3.57. The number of aromatic nitrogens is 3. The Bertz CT molecular complexity index is 1110. The summed E-state index contributed by atoms with van der Waals surface area (Å²) < 4.78 is 42.1. The summed E-state index contributed by atoms with van der Waals surface area (Å²) in [6.07, 6.45) is -1.73. The number of carbonyl (C=O) groups excluding carboxylic acids is 2. The third-order valence-corrected chi connectivity index (χ3v) is 4.55. The van der Waals surface area contributed by atoms with Crippen LogP contribution in [0.2, 0.25) is 0 Å². The summed E-state index contributed by atoms with van der Waals surface area (Å²) in [5.41, 5.74) is 1.27. The molecule has 0 bridgehead atoms. The molecule has 0 spiro atoms. The van der Waals surface area contributed by atoms with Gasteiger partial charge >= 0.3 is 6.36 Å². The Morgan fingerprint density at radius 3 is 2.42 bits per heavy atom. The lowest BCUT2D eigenvalue weighted by Gasteiger charge is -2.18. The van der Waals surface area contributed by atoms with Gasteiger partial charge in [0.1, 0.15) is 5.75 Å². The molecule has 174 valence electrons. The topological polar surface area (TPSA) is 89.4 Å². The lowest BCUT2D eigenvalue weighted by molar-refractivity contribution is -0.274. The number of halogens is 3. The largest absolute Gasteiger partial charge is 0.573 e. The summed E-state index contributed by atoms with van der Waals surface area (Å²) in [7, 11) is 1.48. The highest BCUT2D eigenvalue weighted by Crippen LogP contribution is 2.25. The highest BCUT2D eigenvalue weighted by molar-refractivity contribution is 5.99. The molecule has 0 radical (unpaired) electrons. The number of likely N-dealkylation sites (N-methyl/N-ethyl adjacent to an activating group) is 1. The monoisotopic (exact) mass is 461 g/mol. The number of pyridine rings is 1.